The molecule has 1 saturated heterocycles. The summed E-state index contributed by atoms with van der Waals surface area (Å²) in [5.74, 6) is 1.12. The standard InChI is InChI=1S/C18H18N4O4/c23-18(15-6-3-9-24-15)22-8-2-5-14(11-22)25-12-16-20-17(26-21-16)13-4-1-7-19-10-13/h1,3-4,6-7,9-10,14H,2,5,8,11-12H2. The molecule has 1 amide bonds. The average Bonchev–Trinajstić information content (AvgIpc) is 3.39. The lowest BCUT2D eigenvalue weighted by Gasteiger charge is -2.31. The van der Waals surface area contributed by atoms with Crippen molar-refractivity contribution in [1.29, 1.82) is 0 Å². The van der Waals surface area contributed by atoms with E-state index in [1.54, 1.807) is 29.4 Å². The lowest BCUT2D eigenvalue weighted by molar-refractivity contribution is -0.0104. The minimum Gasteiger partial charge on any atom is -0.459 e. The topological polar surface area (TPSA) is 94.5 Å². The number of hydrogen-bond acceptors (Lipinski definition) is 7. The number of nitrogens with zero attached hydrogens (tertiary/aromatic N) is 4. The third kappa shape index (κ3) is 3.65. The van der Waals surface area contributed by atoms with Crippen LogP contribution < -0.4 is 0 Å². The SMILES string of the molecule is O=C(c1ccco1)N1CCCC(OCc2noc(-c3cccnc3)n2)C1. The molecule has 134 valence electrons. The van der Waals surface area contributed by atoms with Crippen molar-refractivity contribution in [1.82, 2.24) is 20.0 Å². The summed E-state index contributed by atoms with van der Waals surface area (Å²) in [5, 5.41) is 3.94. The fraction of sp³-hybridized carbons (Fsp3) is 0.333. The molecule has 26 heavy (non-hydrogen) atoms. The van der Waals surface area contributed by atoms with Crippen LogP contribution in [0.4, 0.5) is 0 Å². The van der Waals surface area contributed by atoms with Crippen LogP contribution >= 0.6 is 0 Å². The van der Waals surface area contributed by atoms with E-state index in [0.29, 0.717) is 30.6 Å². The Labute approximate surface area is 149 Å². The summed E-state index contributed by atoms with van der Waals surface area (Å²) in [6.45, 7) is 1.46. The first-order valence-corrected chi connectivity index (χ1v) is 8.47. The van der Waals surface area contributed by atoms with Gasteiger partial charge in [0.15, 0.2) is 11.6 Å². The zero-order valence-corrected chi connectivity index (χ0v) is 14.1. The normalized spacial score (nSPS) is 17.4. The van der Waals surface area contributed by atoms with E-state index in [1.165, 1.54) is 6.26 Å². The van der Waals surface area contributed by atoms with Gasteiger partial charge in [-0.25, -0.2) is 0 Å². The van der Waals surface area contributed by atoms with Gasteiger partial charge in [0.1, 0.15) is 6.61 Å². The first kappa shape index (κ1) is 16.5. The number of likely N-dealkylation sites (tertiary alicyclic amines) is 1. The number of carbonyl (C=O) groups excluding carboxylic acids is 1. The molecular weight excluding hydrogens is 336 g/mol. The number of ether oxygens (including phenoxy) is 1. The molecule has 1 aliphatic heterocycles. The fourth-order valence-corrected chi connectivity index (χ4v) is 2.93. The van der Waals surface area contributed by atoms with E-state index < -0.39 is 0 Å². The number of aromatic nitrogens is 3. The number of carbonyl (C=O) groups is 1. The van der Waals surface area contributed by atoms with E-state index in [2.05, 4.69) is 15.1 Å². The second-order valence-electron chi connectivity index (χ2n) is 6.06. The van der Waals surface area contributed by atoms with Crippen molar-refractivity contribution in [3.05, 3.63) is 54.5 Å². The number of amides is 1. The van der Waals surface area contributed by atoms with Crippen molar-refractivity contribution in [3.8, 4) is 11.5 Å². The number of rotatable bonds is 5. The van der Waals surface area contributed by atoms with Crippen molar-refractivity contribution in [2.45, 2.75) is 25.6 Å². The highest BCUT2D eigenvalue weighted by Crippen LogP contribution is 2.19. The van der Waals surface area contributed by atoms with Gasteiger partial charge in [-0.2, -0.15) is 4.98 Å². The fourth-order valence-electron chi connectivity index (χ4n) is 2.93. The van der Waals surface area contributed by atoms with Crippen molar-refractivity contribution in [2.24, 2.45) is 0 Å². The molecular formula is C18H18N4O4. The molecule has 3 aromatic heterocycles. The van der Waals surface area contributed by atoms with Crippen LogP contribution in [-0.2, 0) is 11.3 Å². The summed E-state index contributed by atoms with van der Waals surface area (Å²) in [6, 6.07) is 7.04. The number of piperidine rings is 1. The molecule has 3 aromatic rings. The van der Waals surface area contributed by atoms with Crippen molar-refractivity contribution < 1.29 is 18.5 Å². The Hall–Kier alpha value is -3.00. The smallest absolute Gasteiger partial charge is 0.289 e. The molecule has 1 unspecified atom stereocenters. The van der Waals surface area contributed by atoms with Gasteiger partial charge < -0.3 is 18.6 Å². The largest absolute Gasteiger partial charge is 0.459 e. The Balaban J connectivity index is 1.33. The molecule has 1 atom stereocenters. The van der Waals surface area contributed by atoms with Crippen LogP contribution in [0.15, 0.2) is 51.9 Å². The maximum Gasteiger partial charge on any atom is 0.289 e. The number of hydrogen-bond donors (Lipinski definition) is 0. The third-order valence-electron chi connectivity index (χ3n) is 4.22. The van der Waals surface area contributed by atoms with Gasteiger partial charge in [-0.15, -0.1) is 0 Å². The minimum absolute atomic E-state index is 0.0667. The van der Waals surface area contributed by atoms with Gasteiger partial charge in [0, 0.05) is 25.5 Å². The van der Waals surface area contributed by atoms with E-state index in [-0.39, 0.29) is 18.6 Å². The van der Waals surface area contributed by atoms with Crippen LogP contribution in [0, 0.1) is 0 Å². The summed E-state index contributed by atoms with van der Waals surface area (Å²) in [7, 11) is 0. The van der Waals surface area contributed by atoms with E-state index in [1.807, 2.05) is 12.1 Å². The molecule has 4 heterocycles. The van der Waals surface area contributed by atoms with Crippen LogP contribution in [-0.4, -0.2) is 45.1 Å². The predicted octanol–water partition coefficient (Wildman–Crippen LogP) is 2.55. The molecule has 1 aliphatic rings. The highest BCUT2D eigenvalue weighted by Gasteiger charge is 2.26. The molecule has 0 aliphatic carbocycles. The van der Waals surface area contributed by atoms with E-state index in [9.17, 15) is 4.79 Å². The monoisotopic (exact) mass is 354 g/mol. The first-order chi connectivity index (χ1) is 12.8. The van der Waals surface area contributed by atoms with Crippen LogP contribution in [0.25, 0.3) is 11.5 Å². The van der Waals surface area contributed by atoms with Crippen LogP contribution in [0.1, 0.15) is 29.2 Å². The Morgan fingerprint density at radius 3 is 3.12 bits per heavy atom. The third-order valence-corrected chi connectivity index (χ3v) is 4.22. The van der Waals surface area contributed by atoms with Crippen molar-refractivity contribution >= 4 is 5.91 Å². The number of furan rings is 1. The molecule has 0 spiro atoms. The highest BCUT2D eigenvalue weighted by atomic mass is 16.5. The summed E-state index contributed by atoms with van der Waals surface area (Å²) < 4.78 is 16.3. The summed E-state index contributed by atoms with van der Waals surface area (Å²) >= 11 is 0. The molecule has 1 fully saturated rings. The van der Waals surface area contributed by atoms with Crippen molar-refractivity contribution in [3.63, 3.8) is 0 Å². The van der Waals surface area contributed by atoms with Gasteiger partial charge in [0.2, 0.25) is 0 Å². The van der Waals surface area contributed by atoms with Crippen LogP contribution in [0.3, 0.4) is 0 Å². The summed E-state index contributed by atoms with van der Waals surface area (Å²) in [4.78, 5) is 22.5. The Morgan fingerprint density at radius 1 is 1.35 bits per heavy atom. The van der Waals surface area contributed by atoms with Crippen LogP contribution in [0.5, 0.6) is 0 Å². The Kier molecular flexibility index (Phi) is 4.74. The Bertz CT molecular complexity index is 847. The van der Waals surface area contributed by atoms with Gasteiger partial charge >= 0.3 is 0 Å². The quantitative estimate of drug-likeness (QED) is 0.695. The molecule has 0 N–H and O–H groups in total. The molecule has 0 radical (unpaired) electrons. The maximum atomic E-state index is 12.4. The second-order valence-corrected chi connectivity index (χ2v) is 6.06. The average molecular weight is 354 g/mol. The minimum atomic E-state index is -0.110. The van der Waals surface area contributed by atoms with Gasteiger partial charge in [-0.1, -0.05) is 5.16 Å². The van der Waals surface area contributed by atoms with Gasteiger partial charge in [-0.3, -0.25) is 9.78 Å². The molecule has 8 nitrogen and oxygen atoms in total. The van der Waals surface area contributed by atoms with Crippen LogP contribution in [0.2, 0.25) is 0 Å². The van der Waals surface area contributed by atoms with E-state index in [0.717, 1.165) is 18.4 Å². The predicted molar refractivity (Wildman–Crippen MR) is 90.0 cm³/mol. The number of pyridine rings is 1. The van der Waals surface area contributed by atoms with Gasteiger partial charge in [-0.05, 0) is 37.1 Å². The Morgan fingerprint density at radius 2 is 2.31 bits per heavy atom. The molecule has 0 bridgehead atoms. The van der Waals surface area contributed by atoms with Crippen molar-refractivity contribution in [2.75, 3.05) is 13.1 Å². The zero-order chi connectivity index (χ0) is 17.8. The van der Waals surface area contributed by atoms with E-state index >= 15 is 0 Å². The summed E-state index contributed by atoms with van der Waals surface area (Å²) in [6.07, 6.45) is 6.55. The second kappa shape index (κ2) is 7.49. The zero-order valence-electron chi connectivity index (χ0n) is 14.1. The highest BCUT2D eigenvalue weighted by molar-refractivity contribution is 5.91. The lowest BCUT2D eigenvalue weighted by atomic mass is 10.1. The maximum absolute atomic E-state index is 12.4. The molecule has 0 saturated carbocycles. The molecule has 0 aromatic carbocycles. The van der Waals surface area contributed by atoms with Gasteiger partial charge in [0.25, 0.3) is 11.8 Å². The molecule has 4 rings (SSSR count). The molecule has 8 heteroatoms. The summed E-state index contributed by atoms with van der Waals surface area (Å²) in [5.41, 5.74) is 0.763. The lowest BCUT2D eigenvalue weighted by Crippen LogP contribution is -2.43. The van der Waals surface area contributed by atoms with Gasteiger partial charge in [0.05, 0.1) is 17.9 Å². The van der Waals surface area contributed by atoms with E-state index in [4.69, 9.17) is 13.7 Å². The first-order valence-electron chi connectivity index (χ1n) is 8.47.